The van der Waals surface area contributed by atoms with Gasteiger partial charge in [0.2, 0.25) is 0 Å². The maximum Gasteiger partial charge on any atom is 0.432 e. The van der Waals surface area contributed by atoms with Gasteiger partial charge in [-0.25, -0.2) is 0 Å². The van der Waals surface area contributed by atoms with Crippen LogP contribution in [0.25, 0.3) is 0 Å². The van der Waals surface area contributed by atoms with Crippen LogP contribution in [0.3, 0.4) is 0 Å². The fraction of sp³-hybridized carbons (Fsp3) is 0.286. The SMILES string of the molecule is CCOC=O.O=[N+]([O-])c1ccco1. The lowest BCUT2D eigenvalue weighted by Gasteiger charge is -1.79. The van der Waals surface area contributed by atoms with Gasteiger partial charge in [0, 0.05) is 0 Å². The lowest BCUT2D eigenvalue weighted by molar-refractivity contribution is -0.402. The van der Waals surface area contributed by atoms with Crippen LogP contribution >= 0.6 is 0 Å². The molecule has 6 heteroatoms. The normalized spacial score (nSPS) is 8.08. The molecule has 0 bridgehead atoms. The third-order valence-corrected chi connectivity index (χ3v) is 0.921. The van der Waals surface area contributed by atoms with Crippen LogP contribution in [0.4, 0.5) is 5.88 Å². The zero-order valence-electron chi connectivity index (χ0n) is 7.00. The summed E-state index contributed by atoms with van der Waals surface area (Å²) in [6.07, 6.45) is 1.26. The van der Waals surface area contributed by atoms with E-state index in [2.05, 4.69) is 9.15 Å². The molecule has 0 saturated carbocycles. The number of carbonyl (C=O) groups is 1. The molecule has 0 aromatic carbocycles. The molecule has 0 atom stereocenters. The number of nitrogens with zero attached hydrogens (tertiary/aromatic N) is 1. The van der Waals surface area contributed by atoms with Crippen molar-refractivity contribution in [3.05, 3.63) is 28.5 Å². The summed E-state index contributed by atoms with van der Waals surface area (Å²) >= 11 is 0. The van der Waals surface area contributed by atoms with Crippen molar-refractivity contribution in [3.8, 4) is 0 Å². The van der Waals surface area contributed by atoms with Crippen LogP contribution in [-0.2, 0) is 9.53 Å². The molecule has 0 spiro atoms. The zero-order chi connectivity index (χ0) is 10.1. The summed E-state index contributed by atoms with van der Waals surface area (Å²) in [6.45, 7) is 2.66. The van der Waals surface area contributed by atoms with Crippen LogP contribution in [0, 0.1) is 10.1 Å². The van der Waals surface area contributed by atoms with Gasteiger partial charge in [-0.2, -0.15) is 0 Å². The Kier molecular flexibility index (Phi) is 5.86. The zero-order valence-corrected chi connectivity index (χ0v) is 7.00. The van der Waals surface area contributed by atoms with Crippen molar-refractivity contribution in [2.24, 2.45) is 0 Å². The molecule has 6 nitrogen and oxygen atoms in total. The largest absolute Gasteiger partial charge is 0.468 e. The predicted molar refractivity (Wildman–Crippen MR) is 43.1 cm³/mol. The number of carbonyl (C=O) groups excluding carboxylic acids is 1. The predicted octanol–water partition coefficient (Wildman–Crippen LogP) is 1.37. The Bertz CT molecular complexity index is 243. The second-order valence-electron chi connectivity index (χ2n) is 1.76. The summed E-state index contributed by atoms with van der Waals surface area (Å²) in [7, 11) is 0. The van der Waals surface area contributed by atoms with Gasteiger partial charge >= 0.3 is 5.88 Å². The van der Waals surface area contributed by atoms with E-state index in [-0.39, 0.29) is 5.88 Å². The van der Waals surface area contributed by atoms with E-state index in [1.165, 1.54) is 18.4 Å². The van der Waals surface area contributed by atoms with Crippen LogP contribution in [0.1, 0.15) is 6.92 Å². The highest BCUT2D eigenvalue weighted by atomic mass is 16.6. The third-order valence-electron chi connectivity index (χ3n) is 0.921. The highest BCUT2D eigenvalue weighted by molar-refractivity contribution is 5.36. The summed E-state index contributed by atoms with van der Waals surface area (Å²) in [4.78, 5) is 18.4. The minimum Gasteiger partial charge on any atom is -0.468 e. The van der Waals surface area contributed by atoms with E-state index in [0.29, 0.717) is 13.1 Å². The molecule has 0 aliphatic carbocycles. The first-order valence-corrected chi connectivity index (χ1v) is 3.45. The highest BCUT2D eigenvalue weighted by Crippen LogP contribution is 2.08. The Morgan fingerprint density at radius 2 is 2.46 bits per heavy atom. The minimum atomic E-state index is -0.583. The summed E-state index contributed by atoms with van der Waals surface area (Å²) in [6, 6.07) is 2.76. The summed E-state index contributed by atoms with van der Waals surface area (Å²) in [5.74, 6) is -0.218. The number of hydrogen-bond donors (Lipinski definition) is 0. The first kappa shape index (κ1) is 11.2. The lowest BCUT2D eigenvalue weighted by Crippen LogP contribution is -1.81. The Morgan fingerprint density at radius 3 is 2.62 bits per heavy atom. The van der Waals surface area contributed by atoms with Gasteiger partial charge in [-0.1, -0.05) is 0 Å². The Balaban J connectivity index is 0.000000252. The molecular weight excluding hydrogens is 178 g/mol. The van der Waals surface area contributed by atoms with Crippen molar-refractivity contribution in [2.75, 3.05) is 6.61 Å². The molecule has 0 amide bonds. The number of furan rings is 1. The smallest absolute Gasteiger partial charge is 0.432 e. The van der Waals surface area contributed by atoms with Gasteiger partial charge in [0.05, 0.1) is 18.9 Å². The van der Waals surface area contributed by atoms with Crippen molar-refractivity contribution >= 4 is 12.4 Å². The van der Waals surface area contributed by atoms with Gasteiger partial charge < -0.3 is 9.15 Å². The van der Waals surface area contributed by atoms with E-state index < -0.39 is 4.92 Å². The molecule has 0 aliphatic rings. The number of hydrogen-bond acceptors (Lipinski definition) is 5. The molecule has 0 N–H and O–H groups in total. The standard InChI is InChI=1S/C4H3NO3.C3H6O2/c6-5(7)4-2-1-3-8-4;1-2-5-3-4/h1-3H;3H,2H2,1H3. The molecule has 0 fully saturated rings. The van der Waals surface area contributed by atoms with Crippen LogP contribution in [0.5, 0.6) is 0 Å². The van der Waals surface area contributed by atoms with Crippen molar-refractivity contribution in [1.82, 2.24) is 0 Å². The van der Waals surface area contributed by atoms with Crippen LogP contribution in [0.15, 0.2) is 22.8 Å². The monoisotopic (exact) mass is 187 g/mol. The lowest BCUT2D eigenvalue weighted by atomic mass is 10.6. The average molecular weight is 187 g/mol. The first-order valence-electron chi connectivity index (χ1n) is 3.45. The second kappa shape index (κ2) is 6.84. The molecule has 72 valence electrons. The van der Waals surface area contributed by atoms with Crippen molar-refractivity contribution < 1.29 is 18.9 Å². The summed E-state index contributed by atoms with van der Waals surface area (Å²) < 4.78 is 8.55. The van der Waals surface area contributed by atoms with E-state index in [1.54, 1.807) is 6.92 Å². The highest BCUT2D eigenvalue weighted by Gasteiger charge is 2.04. The van der Waals surface area contributed by atoms with Gasteiger partial charge in [-0.15, -0.1) is 0 Å². The fourth-order valence-electron chi connectivity index (χ4n) is 0.442. The van der Waals surface area contributed by atoms with Crippen LogP contribution in [-0.4, -0.2) is 18.0 Å². The van der Waals surface area contributed by atoms with Gasteiger partial charge in [-0.3, -0.25) is 14.9 Å². The van der Waals surface area contributed by atoms with Crippen LogP contribution < -0.4 is 0 Å². The molecule has 0 radical (unpaired) electrons. The Morgan fingerprint density at radius 1 is 1.77 bits per heavy atom. The molecule has 0 unspecified atom stereocenters. The maximum atomic E-state index is 9.77. The number of ether oxygens (including phenoxy) is 1. The molecule has 13 heavy (non-hydrogen) atoms. The summed E-state index contributed by atoms with van der Waals surface area (Å²) in [5, 5.41) is 9.77. The molecule has 1 heterocycles. The van der Waals surface area contributed by atoms with E-state index in [4.69, 9.17) is 0 Å². The Labute approximate surface area is 74.3 Å². The average Bonchev–Trinajstić information content (AvgIpc) is 2.58. The fourth-order valence-corrected chi connectivity index (χ4v) is 0.442. The Hall–Kier alpha value is -1.85. The molecule has 0 aliphatic heterocycles. The second-order valence-corrected chi connectivity index (χ2v) is 1.76. The topological polar surface area (TPSA) is 82.6 Å². The molecule has 1 rings (SSSR count). The van der Waals surface area contributed by atoms with Gasteiger partial charge in [0.1, 0.15) is 4.92 Å². The molecule has 1 aromatic heterocycles. The van der Waals surface area contributed by atoms with E-state index in [0.717, 1.165) is 0 Å². The van der Waals surface area contributed by atoms with E-state index >= 15 is 0 Å². The van der Waals surface area contributed by atoms with Crippen molar-refractivity contribution in [3.63, 3.8) is 0 Å². The van der Waals surface area contributed by atoms with Crippen molar-refractivity contribution in [2.45, 2.75) is 6.92 Å². The quantitative estimate of drug-likeness (QED) is 0.405. The summed E-state index contributed by atoms with van der Waals surface area (Å²) in [5.41, 5.74) is 0. The number of rotatable bonds is 3. The van der Waals surface area contributed by atoms with E-state index in [9.17, 15) is 14.9 Å². The first-order chi connectivity index (χ1) is 6.22. The number of nitro groups is 1. The third kappa shape index (κ3) is 5.42. The van der Waals surface area contributed by atoms with E-state index in [1.807, 2.05) is 0 Å². The van der Waals surface area contributed by atoms with Crippen LogP contribution in [0.2, 0.25) is 0 Å². The maximum absolute atomic E-state index is 9.77. The molecule has 1 aromatic rings. The molecule has 0 saturated heterocycles. The van der Waals surface area contributed by atoms with Gasteiger partial charge in [-0.05, 0) is 13.0 Å². The van der Waals surface area contributed by atoms with Gasteiger partial charge in [0.15, 0.2) is 0 Å². The van der Waals surface area contributed by atoms with Gasteiger partial charge in [0.25, 0.3) is 6.47 Å². The molecular formula is C7H9NO5. The van der Waals surface area contributed by atoms with Crippen molar-refractivity contribution in [1.29, 1.82) is 0 Å². The minimum absolute atomic E-state index is 0.218.